The molecule has 1 amide bonds. The van der Waals surface area contributed by atoms with Gasteiger partial charge >= 0.3 is 5.97 Å². The number of likely N-dealkylation sites (tertiary alicyclic amines) is 1. The molecule has 0 spiro atoms. The first-order valence-corrected chi connectivity index (χ1v) is 6.44. The number of nitrogens with one attached hydrogen (secondary N) is 1. The first-order chi connectivity index (χ1) is 8.20. The second kappa shape index (κ2) is 5.49. The van der Waals surface area contributed by atoms with Crippen molar-refractivity contribution in [2.45, 2.75) is 38.1 Å². The van der Waals surface area contributed by atoms with E-state index in [1.165, 1.54) is 0 Å². The smallest absolute Gasteiger partial charge is 0.326 e. The average Bonchev–Trinajstić information content (AvgIpc) is 2.71. The van der Waals surface area contributed by atoms with Crippen molar-refractivity contribution < 1.29 is 14.7 Å². The summed E-state index contributed by atoms with van der Waals surface area (Å²) in [6.07, 6.45) is 4.29. The molecule has 2 aliphatic rings. The van der Waals surface area contributed by atoms with Crippen LogP contribution >= 0.6 is 0 Å². The summed E-state index contributed by atoms with van der Waals surface area (Å²) in [6.45, 7) is 2.16. The summed E-state index contributed by atoms with van der Waals surface area (Å²) in [5.74, 6) is -0.842. The van der Waals surface area contributed by atoms with E-state index in [2.05, 4.69) is 5.32 Å². The van der Waals surface area contributed by atoms with Gasteiger partial charge < -0.3 is 15.3 Å². The fraction of sp³-hybridized carbons (Fsp3) is 0.833. The highest BCUT2D eigenvalue weighted by Gasteiger charge is 2.35. The van der Waals surface area contributed by atoms with Crippen LogP contribution in [-0.4, -0.2) is 47.6 Å². The van der Waals surface area contributed by atoms with Gasteiger partial charge in [0.25, 0.3) is 0 Å². The minimum atomic E-state index is -0.855. The molecule has 0 saturated carbocycles. The molecule has 2 saturated heterocycles. The number of carbonyl (C=O) groups excluding carboxylic acids is 1. The van der Waals surface area contributed by atoms with Crippen molar-refractivity contribution in [2.75, 3.05) is 19.6 Å². The van der Waals surface area contributed by atoms with Crippen molar-refractivity contribution in [3.05, 3.63) is 0 Å². The van der Waals surface area contributed by atoms with E-state index in [0.717, 1.165) is 32.2 Å². The summed E-state index contributed by atoms with van der Waals surface area (Å²) in [5, 5.41) is 12.4. The number of hydrogen-bond donors (Lipinski definition) is 2. The number of rotatable bonds is 2. The van der Waals surface area contributed by atoms with Gasteiger partial charge in [0, 0.05) is 13.1 Å². The van der Waals surface area contributed by atoms with Gasteiger partial charge in [-0.25, -0.2) is 4.79 Å². The molecule has 2 heterocycles. The lowest BCUT2D eigenvalue weighted by Gasteiger charge is -2.29. The molecule has 2 unspecified atom stereocenters. The zero-order valence-corrected chi connectivity index (χ0v) is 10.0. The summed E-state index contributed by atoms with van der Waals surface area (Å²) >= 11 is 0. The molecule has 2 rings (SSSR count). The number of carboxylic acids is 1. The average molecular weight is 240 g/mol. The van der Waals surface area contributed by atoms with Gasteiger partial charge in [-0.15, -0.1) is 0 Å². The number of hydrogen-bond acceptors (Lipinski definition) is 3. The third kappa shape index (κ3) is 2.77. The molecular weight excluding hydrogens is 220 g/mol. The van der Waals surface area contributed by atoms with E-state index in [1.807, 2.05) is 0 Å². The van der Waals surface area contributed by atoms with Crippen LogP contribution in [0.4, 0.5) is 0 Å². The van der Waals surface area contributed by atoms with Gasteiger partial charge in [-0.1, -0.05) is 12.8 Å². The Bertz CT molecular complexity index is 300. The predicted octanol–water partition coefficient (Wildman–Crippen LogP) is 0.452. The highest BCUT2D eigenvalue weighted by Crippen LogP contribution is 2.21. The van der Waals surface area contributed by atoms with Gasteiger partial charge in [0.05, 0.1) is 5.92 Å². The third-order valence-corrected chi connectivity index (χ3v) is 3.73. The van der Waals surface area contributed by atoms with Crippen molar-refractivity contribution in [2.24, 2.45) is 5.92 Å². The van der Waals surface area contributed by atoms with Gasteiger partial charge in [-0.2, -0.15) is 0 Å². The van der Waals surface area contributed by atoms with Crippen LogP contribution in [0.25, 0.3) is 0 Å². The maximum absolute atomic E-state index is 12.3. The van der Waals surface area contributed by atoms with Crippen LogP contribution < -0.4 is 5.32 Å². The van der Waals surface area contributed by atoms with Gasteiger partial charge in [-0.3, -0.25) is 4.79 Å². The summed E-state index contributed by atoms with van der Waals surface area (Å²) < 4.78 is 0. The quantitative estimate of drug-likeness (QED) is 0.735. The summed E-state index contributed by atoms with van der Waals surface area (Å²) in [5.41, 5.74) is 0. The van der Waals surface area contributed by atoms with Crippen molar-refractivity contribution in [1.82, 2.24) is 10.2 Å². The number of carboxylic acid groups (broad SMARTS) is 1. The Balaban J connectivity index is 2.08. The van der Waals surface area contributed by atoms with Crippen molar-refractivity contribution >= 4 is 11.9 Å². The minimum Gasteiger partial charge on any atom is -0.480 e. The van der Waals surface area contributed by atoms with E-state index in [9.17, 15) is 14.7 Å². The maximum Gasteiger partial charge on any atom is 0.326 e. The fourth-order valence-corrected chi connectivity index (χ4v) is 2.73. The molecule has 5 heteroatoms. The monoisotopic (exact) mass is 240 g/mol. The highest BCUT2D eigenvalue weighted by molar-refractivity contribution is 5.85. The standard InChI is InChI=1S/C12H20N2O3/c15-11(9-5-6-13-8-9)14-7-3-1-2-4-10(14)12(16)17/h9-10,13H,1-8H2,(H,16,17). The first kappa shape index (κ1) is 12.4. The van der Waals surface area contributed by atoms with E-state index in [4.69, 9.17) is 0 Å². The van der Waals surface area contributed by atoms with E-state index in [1.54, 1.807) is 4.90 Å². The van der Waals surface area contributed by atoms with Crippen LogP contribution in [-0.2, 0) is 9.59 Å². The molecule has 17 heavy (non-hydrogen) atoms. The molecule has 0 bridgehead atoms. The Labute approximate surface area is 101 Å². The molecule has 0 radical (unpaired) electrons. The summed E-state index contributed by atoms with van der Waals surface area (Å²) in [6, 6.07) is -0.606. The lowest BCUT2D eigenvalue weighted by atomic mass is 10.0. The molecule has 5 nitrogen and oxygen atoms in total. The van der Waals surface area contributed by atoms with Crippen LogP contribution in [0.1, 0.15) is 32.1 Å². The molecule has 0 aliphatic carbocycles. The van der Waals surface area contributed by atoms with Crippen LogP contribution in [0.5, 0.6) is 0 Å². The molecule has 2 atom stereocenters. The lowest BCUT2D eigenvalue weighted by molar-refractivity contribution is -0.151. The second-order valence-corrected chi connectivity index (χ2v) is 4.92. The van der Waals surface area contributed by atoms with Gasteiger partial charge in [0.1, 0.15) is 6.04 Å². The van der Waals surface area contributed by atoms with E-state index in [0.29, 0.717) is 19.5 Å². The largest absolute Gasteiger partial charge is 0.480 e. The maximum atomic E-state index is 12.3. The number of amides is 1. The highest BCUT2D eigenvalue weighted by atomic mass is 16.4. The van der Waals surface area contributed by atoms with Crippen molar-refractivity contribution in [3.63, 3.8) is 0 Å². The Hall–Kier alpha value is -1.10. The normalized spacial score (nSPS) is 30.0. The molecule has 0 aromatic heterocycles. The molecular formula is C12H20N2O3. The molecule has 0 aromatic carbocycles. The molecule has 2 N–H and O–H groups in total. The first-order valence-electron chi connectivity index (χ1n) is 6.44. The Morgan fingerprint density at radius 3 is 2.65 bits per heavy atom. The van der Waals surface area contributed by atoms with Crippen LogP contribution in [0.3, 0.4) is 0 Å². The van der Waals surface area contributed by atoms with Gasteiger partial charge in [0.2, 0.25) is 5.91 Å². The Morgan fingerprint density at radius 1 is 1.18 bits per heavy atom. The topological polar surface area (TPSA) is 69.6 Å². The second-order valence-electron chi connectivity index (χ2n) is 4.92. The summed E-state index contributed by atoms with van der Waals surface area (Å²) in [7, 11) is 0. The molecule has 96 valence electrons. The number of nitrogens with zero attached hydrogens (tertiary/aromatic N) is 1. The Kier molecular flexibility index (Phi) is 3.99. The number of aliphatic carboxylic acids is 1. The van der Waals surface area contributed by atoms with Crippen molar-refractivity contribution in [3.8, 4) is 0 Å². The summed E-state index contributed by atoms with van der Waals surface area (Å²) in [4.78, 5) is 25.1. The third-order valence-electron chi connectivity index (χ3n) is 3.73. The van der Waals surface area contributed by atoms with Crippen molar-refractivity contribution in [1.29, 1.82) is 0 Å². The molecule has 0 aromatic rings. The van der Waals surface area contributed by atoms with Crippen LogP contribution in [0, 0.1) is 5.92 Å². The SMILES string of the molecule is O=C(O)C1CCCCCN1C(=O)C1CCNC1. The van der Waals surface area contributed by atoms with E-state index < -0.39 is 12.0 Å². The zero-order valence-electron chi connectivity index (χ0n) is 10.0. The van der Waals surface area contributed by atoms with Gasteiger partial charge in [-0.05, 0) is 25.8 Å². The van der Waals surface area contributed by atoms with Crippen LogP contribution in [0.15, 0.2) is 0 Å². The Morgan fingerprint density at radius 2 is 2.00 bits per heavy atom. The zero-order chi connectivity index (χ0) is 12.3. The number of carbonyl (C=O) groups is 2. The minimum absolute atomic E-state index is 0.0186. The van der Waals surface area contributed by atoms with E-state index >= 15 is 0 Å². The lowest BCUT2D eigenvalue weighted by Crippen LogP contribution is -2.47. The fourth-order valence-electron chi connectivity index (χ4n) is 2.73. The van der Waals surface area contributed by atoms with Crippen LogP contribution in [0.2, 0.25) is 0 Å². The van der Waals surface area contributed by atoms with E-state index in [-0.39, 0.29) is 11.8 Å². The molecule has 2 aliphatic heterocycles. The predicted molar refractivity (Wildman–Crippen MR) is 62.6 cm³/mol. The molecule has 2 fully saturated rings. The van der Waals surface area contributed by atoms with Gasteiger partial charge in [0.15, 0.2) is 0 Å².